The van der Waals surface area contributed by atoms with Gasteiger partial charge in [0.1, 0.15) is 5.75 Å². The third-order valence-electron chi connectivity index (χ3n) is 8.36. The Morgan fingerprint density at radius 2 is 1.61 bits per heavy atom. The van der Waals surface area contributed by atoms with Crippen molar-refractivity contribution < 1.29 is 29.0 Å². The van der Waals surface area contributed by atoms with Crippen LogP contribution in [0.1, 0.15) is 61.6 Å². The normalized spacial score (nSPS) is 13.7. The van der Waals surface area contributed by atoms with Gasteiger partial charge in [-0.05, 0) is 92.6 Å². The highest BCUT2D eigenvalue weighted by molar-refractivity contribution is 6.00. The molecule has 46 heavy (non-hydrogen) atoms. The maximum atomic E-state index is 13.7. The molecule has 1 aliphatic carbocycles. The first-order chi connectivity index (χ1) is 22.0. The van der Waals surface area contributed by atoms with E-state index in [4.69, 9.17) is 4.74 Å². The lowest BCUT2D eigenvalue weighted by molar-refractivity contribution is -0.138. The number of likely N-dealkylation sites (N-methyl/N-ethyl adjacent to an activating group) is 1. The van der Waals surface area contributed by atoms with Gasteiger partial charge in [0.25, 0.3) is 5.91 Å². The SMILES string of the molecule is Cc1cc(C)cc(N(C)C(=O)COc2ccccc2N(CC2CCCCC2)C(=O)CNC(=O)Nc2cccc(C(C)C(=O)O)c2)c1. The second-order valence-electron chi connectivity index (χ2n) is 12.1. The van der Waals surface area contributed by atoms with Gasteiger partial charge >= 0.3 is 12.0 Å². The first kappa shape index (κ1) is 34.0. The summed E-state index contributed by atoms with van der Waals surface area (Å²) in [5, 5.41) is 14.6. The minimum Gasteiger partial charge on any atom is -0.482 e. The van der Waals surface area contributed by atoms with Crippen molar-refractivity contribution >= 4 is 40.9 Å². The standard InChI is InChI=1S/C36H44N4O6/c1-24-17-25(2)19-30(18-24)39(4)34(42)23-46-32-16-9-8-15-31(32)40(22-27-11-6-5-7-12-27)33(41)21-37-36(45)38-29-14-10-13-28(20-29)26(3)35(43)44/h8-10,13-20,26-27H,5-7,11-12,21-23H2,1-4H3,(H,43,44)(H2,37,38,45). The Balaban J connectivity index is 1.46. The summed E-state index contributed by atoms with van der Waals surface area (Å²) in [6, 6.07) is 19.1. The quantitative estimate of drug-likeness (QED) is 0.217. The number of carboxylic acids is 1. The van der Waals surface area contributed by atoms with E-state index in [-0.39, 0.29) is 25.0 Å². The molecule has 1 aliphatic rings. The van der Waals surface area contributed by atoms with Gasteiger partial charge in [-0.15, -0.1) is 0 Å². The molecule has 1 atom stereocenters. The zero-order valence-corrected chi connectivity index (χ0v) is 27.0. The van der Waals surface area contributed by atoms with Gasteiger partial charge in [-0.25, -0.2) is 4.79 Å². The molecule has 1 saturated carbocycles. The summed E-state index contributed by atoms with van der Waals surface area (Å²) in [6.07, 6.45) is 5.39. The van der Waals surface area contributed by atoms with Gasteiger partial charge in [0.2, 0.25) is 5.91 Å². The monoisotopic (exact) mass is 628 g/mol. The summed E-state index contributed by atoms with van der Waals surface area (Å²) in [6.45, 7) is 5.52. The fourth-order valence-corrected chi connectivity index (χ4v) is 5.74. The molecule has 244 valence electrons. The fraction of sp³-hybridized carbons (Fsp3) is 0.389. The number of carboxylic acid groups (broad SMARTS) is 1. The lowest BCUT2D eigenvalue weighted by Crippen LogP contribution is -2.44. The number of urea groups is 1. The summed E-state index contributed by atoms with van der Waals surface area (Å²) in [4.78, 5) is 54.2. The van der Waals surface area contributed by atoms with Crippen LogP contribution in [0.5, 0.6) is 5.75 Å². The van der Waals surface area contributed by atoms with Crippen LogP contribution >= 0.6 is 0 Å². The summed E-state index contributed by atoms with van der Waals surface area (Å²) >= 11 is 0. The fourth-order valence-electron chi connectivity index (χ4n) is 5.74. The van der Waals surface area contributed by atoms with Gasteiger partial charge in [-0.1, -0.05) is 49.6 Å². The summed E-state index contributed by atoms with van der Waals surface area (Å²) in [5.74, 6) is -1.54. The molecular formula is C36H44N4O6. The lowest BCUT2D eigenvalue weighted by atomic mass is 9.89. The Hall–Kier alpha value is -4.86. The number of para-hydroxylation sites is 2. The molecule has 0 aromatic heterocycles. The molecule has 0 saturated heterocycles. The average molecular weight is 629 g/mol. The summed E-state index contributed by atoms with van der Waals surface area (Å²) in [7, 11) is 1.71. The number of nitrogens with zero attached hydrogens (tertiary/aromatic N) is 2. The van der Waals surface area contributed by atoms with Gasteiger partial charge in [-0.3, -0.25) is 14.4 Å². The number of carbonyl (C=O) groups is 4. The molecule has 0 bridgehead atoms. The van der Waals surface area contributed by atoms with Crippen LogP contribution in [-0.2, 0) is 14.4 Å². The molecular weight excluding hydrogens is 584 g/mol. The zero-order chi connectivity index (χ0) is 33.2. The van der Waals surface area contributed by atoms with Crippen molar-refractivity contribution in [2.24, 2.45) is 5.92 Å². The third kappa shape index (κ3) is 9.32. The van der Waals surface area contributed by atoms with E-state index in [1.165, 1.54) is 6.42 Å². The highest BCUT2D eigenvalue weighted by Gasteiger charge is 2.26. The molecule has 0 radical (unpaired) electrons. The van der Waals surface area contributed by atoms with E-state index < -0.39 is 17.9 Å². The predicted molar refractivity (Wildman–Crippen MR) is 180 cm³/mol. The lowest BCUT2D eigenvalue weighted by Gasteiger charge is -2.31. The number of rotatable bonds is 12. The number of anilines is 3. The number of nitrogens with one attached hydrogen (secondary N) is 2. The highest BCUT2D eigenvalue weighted by atomic mass is 16.5. The Labute approximate surface area is 270 Å². The van der Waals surface area contributed by atoms with Gasteiger partial charge in [0.15, 0.2) is 6.61 Å². The molecule has 3 aromatic rings. The molecule has 4 amide bonds. The number of aliphatic carboxylic acids is 1. The number of amides is 4. The smallest absolute Gasteiger partial charge is 0.319 e. The van der Waals surface area contributed by atoms with Crippen LogP contribution in [0.4, 0.5) is 21.9 Å². The van der Waals surface area contributed by atoms with Crippen LogP contribution in [0, 0.1) is 19.8 Å². The topological polar surface area (TPSA) is 128 Å². The van der Waals surface area contributed by atoms with E-state index in [0.29, 0.717) is 35.2 Å². The number of carbonyl (C=O) groups excluding carboxylic acids is 3. The molecule has 1 unspecified atom stereocenters. The zero-order valence-electron chi connectivity index (χ0n) is 27.0. The van der Waals surface area contributed by atoms with E-state index in [2.05, 4.69) is 10.6 Å². The Morgan fingerprint density at radius 1 is 0.913 bits per heavy atom. The number of benzene rings is 3. The van der Waals surface area contributed by atoms with Crippen molar-refractivity contribution in [3.8, 4) is 5.75 Å². The van der Waals surface area contributed by atoms with Crippen LogP contribution in [0.2, 0.25) is 0 Å². The third-order valence-corrected chi connectivity index (χ3v) is 8.36. The first-order valence-corrected chi connectivity index (χ1v) is 15.8. The van der Waals surface area contributed by atoms with Crippen molar-refractivity contribution in [1.29, 1.82) is 0 Å². The van der Waals surface area contributed by atoms with E-state index in [9.17, 15) is 24.3 Å². The van der Waals surface area contributed by atoms with Crippen LogP contribution in [-0.4, -0.2) is 55.7 Å². The molecule has 0 spiro atoms. The Morgan fingerprint density at radius 3 is 2.30 bits per heavy atom. The molecule has 10 nitrogen and oxygen atoms in total. The Kier molecular flexibility index (Phi) is 11.8. The molecule has 1 fully saturated rings. The minimum atomic E-state index is -0.965. The van der Waals surface area contributed by atoms with Crippen molar-refractivity contribution in [1.82, 2.24) is 5.32 Å². The van der Waals surface area contributed by atoms with E-state index >= 15 is 0 Å². The maximum absolute atomic E-state index is 13.7. The number of hydrogen-bond acceptors (Lipinski definition) is 5. The number of ether oxygens (including phenoxy) is 1. The number of hydrogen-bond donors (Lipinski definition) is 3. The van der Waals surface area contributed by atoms with E-state index in [1.807, 2.05) is 38.1 Å². The van der Waals surface area contributed by atoms with Crippen LogP contribution in [0.25, 0.3) is 0 Å². The second kappa shape index (κ2) is 15.9. The van der Waals surface area contributed by atoms with Gasteiger partial charge in [0, 0.05) is 25.0 Å². The molecule has 3 aromatic carbocycles. The van der Waals surface area contributed by atoms with Gasteiger partial charge < -0.3 is 30.3 Å². The Bertz CT molecular complexity index is 1530. The van der Waals surface area contributed by atoms with Crippen molar-refractivity contribution in [3.05, 3.63) is 83.4 Å². The van der Waals surface area contributed by atoms with Crippen LogP contribution < -0.4 is 25.2 Å². The molecule has 4 rings (SSSR count). The summed E-state index contributed by atoms with van der Waals surface area (Å²) < 4.78 is 6.05. The first-order valence-electron chi connectivity index (χ1n) is 15.8. The van der Waals surface area contributed by atoms with Gasteiger partial charge in [0.05, 0.1) is 18.2 Å². The van der Waals surface area contributed by atoms with E-state index in [1.54, 1.807) is 66.2 Å². The second-order valence-corrected chi connectivity index (χ2v) is 12.1. The minimum absolute atomic E-state index is 0.216. The van der Waals surface area contributed by atoms with Crippen LogP contribution in [0.15, 0.2) is 66.7 Å². The van der Waals surface area contributed by atoms with Gasteiger partial charge in [-0.2, -0.15) is 0 Å². The highest BCUT2D eigenvalue weighted by Crippen LogP contribution is 2.32. The molecule has 3 N–H and O–H groups in total. The number of aryl methyl sites for hydroxylation is 2. The predicted octanol–water partition coefficient (Wildman–Crippen LogP) is 6.27. The van der Waals surface area contributed by atoms with Crippen LogP contribution in [0.3, 0.4) is 0 Å². The van der Waals surface area contributed by atoms with Crippen molar-refractivity contribution in [2.75, 3.05) is 41.9 Å². The molecule has 10 heteroatoms. The van der Waals surface area contributed by atoms with E-state index in [0.717, 1.165) is 42.5 Å². The van der Waals surface area contributed by atoms with Crippen molar-refractivity contribution in [2.45, 2.75) is 58.8 Å². The molecule has 0 aliphatic heterocycles. The molecule has 0 heterocycles. The largest absolute Gasteiger partial charge is 0.482 e. The average Bonchev–Trinajstić information content (AvgIpc) is 3.04. The summed E-state index contributed by atoms with van der Waals surface area (Å²) in [5.41, 5.74) is 4.40. The maximum Gasteiger partial charge on any atom is 0.319 e. The van der Waals surface area contributed by atoms with Crippen molar-refractivity contribution in [3.63, 3.8) is 0 Å².